The van der Waals surface area contributed by atoms with Crippen molar-refractivity contribution in [3.8, 4) is 5.75 Å². The van der Waals surface area contributed by atoms with Crippen LogP contribution in [0, 0.1) is 11.7 Å². The highest BCUT2D eigenvalue weighted by Gasteiger charge is 2.37. The molecule has 0 heterocycles. The number of hydrogen-bond donors (Lipinski definition) is 1. The Hall–Kier alpha value is -4.67. The Morgan fingerprint density at radius 3 is 2.11 bits per heavy atom. The highest BCUT2D eigenvalue weighted by atomic mass is 19.4. The van der Waals surface area contributed by atoms with Gasteiger partial charge in [0.25, 0.3) is 0 Å². The third-order valence-corrected chi connectivity index (χ3v) is 7.74. The predicted octanol–water partition coefficient (Wildman–Crippen LogP) is 8.44. The predicted molar refractivity (Wildman–Crippen MR) is 152 cm³/mol. The molecule has 4 aromatic carbocycles. The van der Waals surface area contributed by atoms with Crippen LogP contribution in [0.15, 0.2) is 78.9 Å². The summed E-state index contributed by atoms with van der Waals surface area (Å²) in [6.45, 7) is 0.159. The van der Waals surface area contributed by atoms with Crippen LogP contribution in [-0.2, 0) is 38.2 Å². The lowest BCUT2D eigenvalue weighted by Gasteiger charge is -2.24. The van der Waals surface area contributed by atoms with Crippen LogP contribution in [0.3, 0.4) is 0 Å². The number of halogens is 7. The Bertz CT molecular complexity index is 1710. The van der Waals surface area contributed by atoms with Crippen molar-refractivity contribution in [2.24, 2.45) is 5.92 Å². The zero-order valence-electron chi connectivity index (χ0n) is 23.6. The van der Waals surface area contributed by atoms with Crippen molar-refractivity contribution in [3.63, 3.8) is 0 Å². The van der Waals surface area contributed by atoms with Crippen molar-refractivity contribution in [2.75, 3.05) is 5.73 Å². The number of benzene rings is 4. The van der Waals surface area contributed by atoms with Crippen molar-refractivity contribution < 1.29 is 45.1 Å². The van der Waals surface area contributed by atoms with Gasteiger partial charge in [-0.2, -0.15) is 26.3 Å². The lowest BCUT2D eigenvalue weighted by molar-refractivity contribution is -0.143. The Labute approximate surface area is 253 Å². The van der Waals surface area contributed by atoms with E-state index < -0.39 is 35.2 Å². The van der Waals surface area contributed by atoms with E-state index in [-0.39, 0.29) is 54.8 Å². The number of fused-ring (bicyclic) bond motifs is 1. The largest absolute Gasteiger partial charge is 0.489 e. The number of nitrogens with two attached hydrogens (primary N) is 1. The normalized spacial score (nSPS) is 15.1. The summed E-state index contributed by atoms with van der Waals surface area (Å²) in [4.78, 5) is 25.8. The van der Waals surface area contributed by atoms with Crippen LogP contribution in [0.25, 0.3) is 0 Å². The number of anilines is 1. The molecule has 0 radical (unpaired) electrons. The summed E-state index contributed by atoms with van der Waals surface area (Å²) in [7, 11) is 0. The minimum Gasteiger partial charge on any atom is -0.489 e. The minimum atomic E-state index is -4.96. The van der Waals surface area contributed by atoms with Gasteiger partial charge in [0.1, 0.15) is 18.2 Å². The van der Waals surface area contributed by atoms with Gasteiger partial charge in [0.2, 0.25) is 0 Å². The lowest BCUT2D eigenvalue weighted by Crippen LogP contribution is -2.25. The van der Waals surface area contributed by atoms with E-state index in [4.69, 9.17) is 10.5 Å². The van der Waals surface area contributed by atoms with Gasteiger partial charge >= 0.3 is 12.4 Å². The van der Waals surface area contributed by atoms with E-state index in [0.717, 1.165) is 11.6 Å². The third-order valence-electron chi connectivity index (χ3n) is 7.74. The van der Waals surface area contributed by atoms with Crippen molar-refractivity contribution in [1.29, 1.82) is 0 Å². The van der Waals surface area contributed by atoms with Crippen LogP contribution in [0.5, 0.6) is 5.75 Å². The second kappa shape index (κ2) is 12.4. The highest BCUT2D eigenvalue weighted by molar-refractivity contribution is 6.00. The van der Waals surface area contributed by atoms with Crippen LogP contribution < -0.4 is 10.5 Å². The number of ether oxygens (including phenoxy) is 1. The maximum absolute atomic E-state index is 13.3. The van der Waals surface area contributed by atoms with Crippen LogP contribution in [-0.4, -0.2) is 11.6 Å². The molecule has 1 aliphatic carbocycles. The number of hydrogen-bond acceptors (Lipinski definition) is 4. The fourth-order valence-corrected chi connectivity index (χ4v) is 5.36. The molecule has 0 aromatic heterocycles. The fraction of sp³-hybridized carbons (Fsp3) is 0.235. The molecule has 45 heavy (non-hydrogen) atoms. The summed E-state index contributed by atoms with van der Waals surface area (Å²) in [5.41, 5.74) is 5.74. The number of ketones is 2. The fourth-order valence-electron chi connectivity index (χ4n) is 5.36. The first-order valence-electron chi connectivity index (χ1n) is 13.9. The summed E-state index contributed by atoms with van der Waals surface area (Å²) in [6, 6.07) is 16.9. The van der Waals surface area contributed by atoms with Gasteiger partial charge in [-0.05, 0) is 90.0 Å². The monoisotopic (exact) mass is 629 g/mol. The summed E-state index contributed by atoms with van der Waals surface area (Å²) < 4.78 is 98.8. The summed E-state index contributed by atoms with van der Waals surface area (Å²) >= 11 is 0. The molecule has 11 heteroatoms. The SMILES string of the molecule is Nc1cc(F)ccc1CC(=O)c1ccc(COc2ccc3c(c2)CCC(Cc2cc(C(F)(F)F)cc(C(F)(F)F)c2)C3=O)cc1. The first-order valence-corrected chi connectivity index (χ1v) is 13.9. The van der Waals surface area contributed by atoms with Crippen molar-refractivity contribution >= 4 is 17.3 Å². The maximum Gasteiger partial charge on any atom is 0.416 e. The van der Waals surface area contributed by atoms with Crippen molar-refractivity contribution in [1.82, 2.24) is 0 Å². The lowest BCUT2D eigenvalue weighted by atomic mass is 9.79. The van der Waals surface area contributed by atoms with Crippen LogP contribution in [0.2, 0.25) is 0 Å². The number of rotatable bonds is 8. The zero-order chi connectivity index (χ0) is 32.5. The molecule has 5 rings (SSSR count). The van der Waals surface area contributed by atoms with Crippen LogP contribution in [0.4, 0.5) is 36.4 Å². The molecule has 0 saturated carbocycles. The van der Waals surface area contributed by atoms with E-state index in [1.165, 1.54) is 12.1 Å². The van der Waals surface area contributed by atoms with E-state index in [2.05, 4.69) is 0 Å². The summed E-state index contributed by atoms with van der Waals surface area (Å²) in [6.07, 6.45) is -9.51. The molecule has 234 valence electrons. The highest BCUT2D eigenvalue weighted by Crippen LogP contribution is 2.38. The molecule has 1 aliphatic rings. The summed E-state index contributed by atoms with van der Waals surface area (Å²) in [5.74, 6) is -1.32. The Morgan fingerprint density at radius 2 is 1.49 bits per heavy atom. The Morgan fingerprint density at radius 1 is 0.822 bits per heavy atom. The van der Waals surface area contributed by atoms with Gasteiger partial charge in [-0.15, -0.1) is 0 Å². The third kappa shape index (κ3) is 7.53. The molecule has 1 unspecified atom stereocenters. The van der Waals surface area contributed by atoms with Crippen LogP contribution in [0.1, 0.15) is 60.5 Å². The molecule has 0 bridgehead atoms. The van der Waals surface area contributed by atoms with E-state index >= 15 is 0 Å². The number of alkyl halides is 6. The van der Waals surface area contributed by atoms with Crippen molar-refractivity contribution in [3.05, 3.63) is 129 Å². The summed E-state index contributed by atoms with van der Waals surface area (Å²) in [5, 5.41) is 0. The van der Waals surface area contributed by atoms with Gasteiger partial charge in [0, 0.05) is 29.2 Å². The molecule has 0 saturated heterocycles. The molecule has 0 amide bonds. The molecule has 4 aromatic rings. The topological polar surface area (TPSA) is 69.4 Å². The van der Waals surface area contributed by atoms with Gasteiger partial charge < -0.3 is 10.5 Å². The van der Waals surface area contributed by atoms with E-state index in [0.29, 0.717) is 46.6 Å². The minimum absolute atomic E-state index is 0.0190. The molecule has 4 nitrogen and oxygen atoms in total. The van der Waals surface area contributed by atoms with Gasteiger partial charge in [0.05, 0.1) is 11.1 Å². The second-order valence-corrected chi connectivity index (χ2v) is 11.0. The second-order valence-electron chi connectivity index (χ2n) is 11.0. The number of carbonyl (C=O) groups is 2. The quantitative estimate of drug-likeness (QED) is 0.121. The number of nitrogen functional groups attached to an aromatic ring is 1. The standard InChI is InChI=1S/C34H26F7NO3/c35-27-8-7-23(30(42)17-27)15-31(43)21-3-1-19(2-4-21)18-45-28-9-10-29-22(14-28)5-6-24(32(29)44)11-20-12-25(33(36,37)38)16-26(13-20)34(39,40)41/h1-4,7-10,12-14,16-17,24H,5-6,11,15,18,42H2. The molecular weight excluding hydrogens is 603 g/mol. The zero-order valence-corrected chi connectivity index (χ0v) is 23.6. The van der Waals surface area contributed by atoms with Gasteiger partial charge in [0.15, 0.2) is 11.6 Å². The number of aryl methyl sites for hydroxylation is 1. The average Bonchev–Trinajstić information content (AvgIpc) is 2.98. The molecule has 2 N–H and O–H groups in total. The van der Waals surface area contributed by atoms with Crippen molar-refractivity contribution in [2.45, 2.75) is 44.6 Å². The first-order chi connectivity index (χ1) is 21.2. The van der Waals surface area contributed by atoms with E-state index in [1.807, 2.05) is 0 Å². The van der Waals surface area contributed by atoms with Crippen LogP contribution >= 0.6 is 0 Å². The maximum atomic E-state index is 13.3. The molecule has 0 fully saturated rings. The van der Waals surface area contributed by atoms with Gasteiger partial charge in [-0.1, -0.05) is 30.3 Å². The smallest absolute Gasteiger partial charge is 0.416 e. The first kappa shape index (κ1) is 31.7. The molecular formula is C34H26F7NO3. The van der Waals surface area contributed by atoms with E-state index in [9.17, 15) is 40.3 Å². The number of carbonyl (C=O) groups excluding carboxylic acids is 2. The molecule has 1 atom stereocenters. The van der Waals surface area contributed by atoms with E-state index in [1.54, 1.807) is 42.5 Å². The van der Waals surface area contributed by atoms with Gasteiger partial charge in [-0.25, -0.2) is 4.39 Å². The molecule has 0 aliphatic heterocycles. The Balaban J connectivity index is 1.21. The average molecular weight is 630 g/mol. The Kier molecular flexibility index (Phi) is 8.73. The molecule has 0 spiro atoms. The number of Topliss-reactive ketones (excluding diaryl/α,β-unsaturated/α-hetero) is 2. The van der Waals surface area contributed by atoms with Gasteiger partial charge in [-0.3, -0.25) is 9.59 Å².